The van der Waals surface area contributed by atoms with E-state index in [0.29, 0.717) is 70.3 Å². The maximum Gasteiger partial charge on any atom is 0.394 e. The van der Waals surface area contributed by atoms with Crippen molar-refractivity contribution >= 4 is 97.0 Å². The molecule has 0 saturated heterocycles. The number of aryl methyl sites for hydroxylation is 6. The molecule has 6 heterocycles. The van der Waals surface area contributed by atoms with Crippen LogP contribution in [0.15, 0.2) is 347 Å². The molecule has 755 valence electrons. The molecular weight excluding hydrogens is 2360 g/mol. The van der Waals surface area contributed by atoms with Gasteiger partial charge in [-0.3, -0.25) is 0 Å². The van der Waals surface area contributed by atoms with Crippen molar-refractivity contribution in [3.63, 3.8) is 0 Å². The summed E-state index contributed by atoms with van der Waals surface area (Å²) in [7, 11) is 0. The monoisotopic (exact) mass is 2510 g/mol. The van der Waals surface area contributed by atoms with Crippen molar-refractivity contribution in [2.24, 2.45) is 16.2 Å². The molecule has 6 aromatic heterocycles. The number of fused-ring (bicyclic) bond motifs is 18. The summed E-state index contributed by atoms with van der Waals surface area (Å²) in [6, 6.07) is 119. The maximum absolute atomic E-state index is 13.7. The van der Waals surface area contributed by atoms with E-state index in [4.69, 9.17) is 24.7 Å². The number of aromatic nitrogens is 6. The van der Waals surface area contributed by atoms with Crippen LogP contribution in [0.3, 0.4) is 0 Å². The molecule has 26 rings (SSSR count). The molecule has 149 heavy (non-hydrogen) atoms. The van der Waals surface area contributed by atoms with Crippen molar-refractivity contribution < 1.29 is 102 Å². The molecule has 0 amide bonds. The van der Waals surface area contributed by atoms with E-state index in [1.807, 2.05) is 115 Å². The summed E-state index contributed by atoms with van der Waals surface area (Å²) < 4.78 is 208. The van der Waals surface area contributed by atoms with E-state index in [2.05, 4.69) is 200 Å². The Kier molecular flexibility index (Phi) is 26.0. The zero-order valence-electron chi connectivity index (χ0n) is 104. The molecule has 5 saturated carbocycles. The van der Waals surface area contributed by atoms with E-state index in [0.717, 1.165) is 124 Å². The van der Waals surface area contributed by atoms with Crippen molar-refractivity contribution in [1.29, 1.82) is 0 Å². The van der Waals surface area contributed by atoms with Gasteiger partial charge < -0.3 is 29.9 Å². The first kappa shape index (κ1) is 82.1. The van der Waals surface area contributed by atoms with Crippen LogP contribution in [0.1, 0.15) is 238 Å². The van der Waals surface area contributed by atoms with Crippen LogP contribution in [0.25, 0.3) is 164 Å². The van der Waals surface area contributed by atoms with Crippen LogP contribution in [-0.2, 0) is 60.3 Å². The van der Waals surface area contributed by atoms with Crippen LogP contribution in [-0.4, -0.2) is 36.1 Å². The average Bonchev–Trinajstić information content (AvgIpc) is 1.67. The number of hydrogen-bond acceptors (Lipinski definition) is 6. The first-order valence-corrected chi connectivity index (χ1v) is 50.7. The third kappa shape index (κ3) is 23.3. The Bertz CT molecular complexity index is 8870. The van der Waals surface area contributed by atoms with E-state index >= 15 is 0 Å². The summed E-state index contributed by atoms with van der Waals surface area (Å²) in [5.41, 5.74) is 10.3. The Morgan fingerprint density at radius 1 is 0.255 bits per heavy atom. The molecule has 0 N–H and O–H groups in total. The molecule has 0 bridgehead atoms. The molecule has 12 heteroatoms. The standard InChI is InChI=1S/C35H34N.C34H32N.C32H27F3N.3C12H10N.3Ir/c1-24-23-36-34(22-32(24)25-15-19-35(20-16-25)17-7-2-8-18-35)26-13-14-31-29-11-4-3-9-27(29)28-10-5-6-12-30(28)33(31)21-26;1-23-22-35-33(21-31(23)24-14-18-34(19-15-24)16-6-7-17-34)25-12-13-30-28-10-3-2-8-26(28)27-9-4-5-11-29(27)32(30)20-25;1-20-19-36-30(18-28(20)21-13-15-31(2,16-14-21)32(33,34)35)22-11-12-27-25-9-4-3-7-23(25)24-8-5-6-10-26(24)29(27)17-22;3*1-10-7-8-12(13-9-10)11-5-3-2-4-6-11;;;/h3-6,9-12,14,21-23,25H,2,7-8,15-20H2,1H3;2-5,8-11,13,20-22,24H,6-7,14-19H2,1H3;3-10,12,17-19,21H,13-16H2,1-2H3;3*2-5,7-9H,1H3;;;/q6*-1;;;/i1D3,25D;1D3,24D;1D3,21D;3*1D3;;;. The minimum absolute atomic E-state index is 0. The molecule has 0 atom stereocenters. The van der Waals surface area contributed by atoms with Gasteiger partial charge in [0.25, 0.3) is 0 Å². The van der Waals surface area contributed by atoms with Crippen LogP contribution in [0.4, 0.5) is 13.2 Å². The van der Waals surface area contributed by atoms with Gasteiger partial charge >= 0.3 is 6.18 Å². The average molecular weight is 2510 g/mol. The first-order chi connectivity index (χ1) is 79.6. The molecule has 21 aromatic rings. The van der Waals surface area contributed by atoms with Crippen molar-refractivity contribution in [3.8, 4) is 67.5 Å². The third-order valence-corrected chi connectivity index (χ3v) is 31.0. The van der Waals surface area contributed by atoms with Gasteiger partial charge in [0.1, 0.15) is 0 Å². The van der Waals surface area contributed by atoms with E-state index in [-0.39, 0.29) is 125 Å². The first-order valence-electron chi connectivity index (χ1n) is 61.2. The fourth-order valence-corrected chi connectivity index (χ4v) is 22.8. The van der Waals surface area contributed by atoms with Gasteiger partial charge in [-0.25, -0.2) is 0 Å². The summed E-state index contributed by atoms with van der Waals surface area (Å²) in [5, 5.41) is 20.5. The summed E-state index contributed by atoms with van der Waals surface area (Å²) in [6.45, 7) is -12.3. The van der Waals surface area contributed by atoms with Gasteiger partial charge in [0.15, 0.2) is 0 Å². The topological polar surface area (TPSA) is 77.3 Å². The predicted octanol–water partition coefficient (Wildman–Crippen LogP) is 37.6. The Morgan fingerprint density at radius 3 is 0.745 bits per heavy atom. The van der Waals surface area contributed by atoms with Crippen molar-refractivity contribution in [2.75, 3.05) is 0 Å². The molecule has 0 unspecified atom stereocenters. The molecule has 0 aliphatic heterocycles. The van der Waals surface area contributed by atoms with Crippen LogP contribution in [0.2, 0.25) is 0 Å². The molecule has 5 fully saturated rings. The smallest absolute Gasteiger partial charge is 0.304 e. The van der Waals surface area contributed by atoms with Gasteiger partial charge in [0.2, 0.25) is 0 Å². The number of pyridine rings is 6. The molecular formula is C137H123F3Ir3N6-6. The van der Waals surface area contributed by atoms with Crippen molar-refractivity contribution in [3.05, 3.63) is 433 Å². The van der Waals surface area contributed by atoms with Gasteiger partial charge in [0.05, 0.1) is 5.41 Å². The molecule has 15 aromatic carbocycles. The fourth-order valence-electron chi connectivity index (χ4n) is 22.8. The van der Waals surface area contributed by atoms with Gasteiger partial charge in [-0.2, -0.15) is 13.2 Å². The molecule has 6 nitrogen and oxygen atoms in total. The van der Waals surface area contributed by atoms with Crippen LogP contribution in [0.5, 0.6) is 0 Å². The number of halogens is 3. The second-order valence-corrected chi connectivity index (χ2v) is 39.9. The summed E-state index contributed by atoms with van der Waals surface area (Å²) >= 11 is 0. The molecule has 5 aliphatic carbocycles. The van der Waals surface area contributed by atoms with Crippen molar-refractivity contribution in [1.82, 2.24) is 29.9 Å². The Morgan fingerprint density at radius 2 is 0.503 bits per heavy atom. The normalized spacial score (nSPS) is 20.5. The van der Waals surface area contributed by atoms with E-state index in [1.54, 1.807) is 60.7 Å². The van der Waals surface area contributed by atoms with E-state index < -0.39 is 70.4 Å². The zero-order valence-corrected chi connectivity index (χ0v) is 89.8. The SMILES string of the molecule is [2H]C([2H])([2H])c1ccc(-c2[c-]cccc2)nc1.[2H]C([2H])([2H])c1ccc(-c2[c-]cccc2)nc1.[2H]C([2H])([2H])c1ccc(-c2[c-]cccc2)nc1.[2H]C([2H])([2H])c1cnc(-c2[c-]cc3c4ccccc4c4ccccc4c3c2)cc1C1([2H])CCC(C)(C(F)(F)F)CC1.[2H]C([2H])([2H])c1cnc(-c2[c-]cc3c4ccccc4c4ccccc4c3c2)cc1C1([2H])CCC2(CCCC2)CC1.[2H]C([2H])([2H])c1cnc(-c2[c-]cc3c4ccccc4c4ccccc4c3c2)cc1C1([2H])CCC2(CCCCC2)CC1.[Ir].[Ir].[Ir]. The van der Waals surface area contributed by atoms with Gasteiger partial charge in [-0.05, 0) is 305 Å². The second-order valence-electron chi connectivity index (χ2n) is 39.9. The number of alkyl halides is 3. The minimum atomic E-state index is -4.38. The Labute approximate surface area is 946 Å². The number of hydrogen-bond donors (Lipinski definition) is 0. The largest absolute Gasteiger partial charge is 0.394 e. The molecule has 2 spiro atoms. The fraction of sp³-hybridized carbons (Fsp3) is 0.255. The summed E-state index contributed by atoms with van der Waals surface area (Å²) in [5.74, 6) is -3.29. The van der Waals surface area contributed by atoms with E-state index in [1.165, 1.54) is 145 Å². The van der Waals surface area contributed by atoms with Gasteiger partial charge in [0, 0.05) is 126 Å². The minimum Gasteiger partial charge on any atom is -0.304 e. The number of benzene rings is 15. The summed E-state index contributed by atoms with van der Waals surface area (Å²) in [4.78, 5) is 26.1. The Balaban J connectivity index is 0.000000135. The molecule has 3 radical (unpaired) electrons. The van der Waals surface area contributed by atoms with Crippen LogP contribution < -0.4 is 0 Å². The van der Waals surface area contributed by atoms with Gasteiger partial charge in [-0.1, -0.05) is 288 Å². The molecule has 5 aliphatic rings. The van der Waals surface area contributed by atoms with Crippen molar-refractivity contribution in [2.45, 2.75) is 207 Å². The second kappa shape index (κ2) is 47.2. The number of rotatable bonds is 9. The van der Waals surface area contributed by atoms with E-state index in [9.17, 15) is 17.3 Å². The quantitative estimate of drug-likeness (QED) is 0.106. The Hall–Kier alpha value is -12.7. The number of nitrogens with zero attached hydrogens (tertiary/aromatic N) is 6. The summed E-state index contributed by atoms with van der Waals surface area (Å²) in [6.07, 6.45) is 21.8. The maximum atomic E-state index is 13.7. The van der Waals surface area contributed by atoms with Crippen LogP contribution in [0, 0.1) is 93.8 Å². The third-order valence-electron chi connectivity index (χ3n) is 31.0. The zero-order chi connectivity index (χ0) is 118. The van der Waals surface area contributed by atoms with Crippen LogP contribution >= 0.6 is 0 Å². The van der Waals surface area contributed by atoms with Gasteiger partial charge in [-0.15, -0.1) is 179 Å². The predicted molar refractivity (Wildman–Crippen MR) is 601 cm³/mol.